The second kappa shape index (κ2) is 10.7. The van der Waals surface area contributed by atoms with Gasteiger partial charge < -0.3 is 14.5 Å². The summed E-state index contributed by atoms with van der Waals surface area (Å²) >= 11 is 0. The van der Waals surface area contributed by atoms with Crippen LogP contribution in [0.25, 0.3) is 10.9 Å². The van der Waals surface area contributed by atoms with Gasteiger partial charge in [0.05, 0.1) is 17.2 Å². The number of alkyl halides is 6. The van der Waals surface area contributed by atoms with Crippen molar-refractivity contribution < 1.29 is 55.0 Å². The van der Waals surface area contributed by atoms with Crippen LogP contribution in [0, 0.1) is 12.8 Å². The molecule has 1 atom stereocenters. The van der Waals surface area contributed by atoms with Gasteiger partial charge in [0.2, 0.25) is 0 Å². The lowest BCUT2D eigenvalue weighted by Crippen LogP contribution is -2.40. The predicted octanol–water partition coefficient (Wildman–Crippen LogP) is 5.03. The Morgan fingerprint density at radius 1 is 0.825 bits per heavy atom. The molecule has 2 aromatic carbocycles. The number of benzene rings is 2. The molecule has 0 radical (unpaired) electrons. The molecule has 0 saturated heterocycles. The van der Waals surface area contributed by atoms with E-state index in [0.717, 1.165) is 4.90 Å². The van der Waals surface area contributed by atoms with E-state index in [1.165, 1.54) is 24.3 Å². The van der Waals surface area contributed by atoms with Gasteiger partial charge in [0, 0.05) is 22.2 Å². The number of para-hydroxylation sites is 1. The number of nitrogens with zero attached hydrogens (tertiary/aromatic N) is 1. The fourth-order valence-corrected chi connectivity index (χ4v) is 4.59. The summed E-state index contributed by atoms with van der Waals surface area (Å²) in [5.74, 6) is -7.68. The second-order valence-electron chi connectivity index (χ2n) is 8.99. The fraction of sp³-hybridized carbons (Fsp3) is 0.308. The first-order chi connectivity index (χ1) is 18.7. The monoisotopic (exact) mass is 570 g/mol. The Bertz CT molecular complexity index is 1410. The van der Waals surface area contributed by atoms with E-state index >= 15 is 0 Å². The smallest absolute Gasteiger partial charge is 0.422 e. The number of ether oxygens (including phenoxy) is 2. The van der Waals surface area contributed by atoms with Crippen LogP contribution in [0.1, 0.15) is 44.4 Å². The van der Waals surface area contributed by atoms with E-state index in [9.17, 15) is 45.5 Å². The third-order valence-electron chi connectivity index (χ3n) is 6.20. The first kappa shape index (κ1) is 28.6. The molecule has 40 heavy (non-hydrogen) atoms. The molecule has 1 N–H and O–H groups in total. The third kappa shape index (κ3) is 5.95. The van der Waals surface area contributed by atoms with Crippen LogP contribution >= 0.6 is 0 Å². The average Bonchev–Trinajstić information content (AvgIpc) is 3.34. The number of nitrogens with one attached hydrogen (secondary N) is 1. The Labute approximate surface area is 221 Å². The third-order valence-corrected chi connectivity index (χ3v) is 6.20. The number of aromatic nitrogens is 1. The van der Waals surface area contributed by atoms with Crippen molar-refractivity contribution in [2.24, 2.45) is 5.92 Å². The number of carbonyl (C=O) groups is 4. The lowest BCUT2D eigenvalue weighted by atomic mass is 9.91. The van der Waals surface area contributed by atoms with Gasteiger partial charge in [-0.1, -0.05) is 30.3 Å². The number of aryl methyl sites for hydroxylation is 1. The largest absolute Gasteiger partial charge is 0.455 e. The van der Waals surface area contributed by atoms with Gasteiger partial charge in [0.15, 0.2) is 19.1 Å². The summed E-state index contributed by atoms with van der Waals surface area (Å²) in [5, 5.41) is 0.438. The molecule has 212 valence electrons. The number of imide groups is 1. The number of hydrogen-bond acceptors (Lipinski definition) is 6. The number of hydrogen-bond donors (Lipinski definition) is 1. The minimum Gasteiger partial charge on any atom is -0.455 e. The maximum absolute atomic E-state index is 13.4. The van der Waals surface area contributed by atoms with Gasteiger partial charge in [-0.25, -0.2) is 0 Å². The van der Waals surface area contributed by atoms with Crippen molar-refractivity contribution in [3.8, 4) is 0 Å². The molecule has 14 heteroatoms. The molecule has 0 fully saturated rings. The average molecular weight is 570 g/mol. The molecule has 8 nitrogen and oxygen atoms in total. The lowest BCUT2D eigenvalue weighted by Gasteiger charge is -2.29. The van der Waals surface area contributed by atoms with E-state index in [0.29, 0.717) is 16.6 Å². The van der Waals surface area contributed by atoms with Crippen molar-refractivity contribution in [2.45, 2.75) is 31.7 Å². The molecule has 0 spiro atoms. The number of halogens is 6. The highest BCUT2D eigenvalue weighted by molar-refractivity contribution is 6.21. The highest BCUT2D eigenvalue weighted by Crippen LogP contribution is 2.40. The van der Waals surface area contributed by atoms with Crippen LogP contribution in [-0.4, -0.2) is 59.2 Å². The Hall–Kier alpha value is -4.36. The number of fused-ring (bicyclic) bond motifs is 2. The topological polar surface area (TPSA) is 106 Å². The van der Waals surface area contributed by atoms with Gasteiger partial charge in [0.25, 0.3) is 11.8 Å². The van der Waals surface area contributed by atoms with Gasteiger partial charge >= 0.3 is 24.3 Å². The molecule has 2 amide bonds. The predicted molar refractivity (Wildman–Crippen MR) is 125 cm³/mol. The van der Waals surface area contributed by atoms with Crippen LogP contribution in [-0.2, 0) is 19.1 Å². The Balaban J connectivity index is 1.81. The SMILES string of the molecule is Cc1[nH]c2ccccc2c1C(CC(C(=O)OCC(F)(F)F)C(=O)OCC(F)(F)F)N1C(=O)c2ccccc2C1=O. The molecule has 0 saturated carbocycles. The normalized spacial score (nSPS) is 14.6. The van der Waals surface area contributed by atoms with Gasteiger partial charge in [-0.2, -0.15) is 26.3 Å². The van der Waals surface area contributed by atoms with Crippen LogP contribution in [0.2, 0.25) is 0 Å². The highest BCUT2D eigenvalue weighted by Gasteiger charge is 2.46. The van der Waals surface area contributed by atoms with Crippen molar-refractivity contribution in [2.75, 3.05) is 13.2 Å². The molecular weight excluding hydrogens is 550 g/mol. The quantitative estimate of drug-likeness (QED) is 0.176. The zero-order valence-corrected chi connectivity index (χ0v) is 20.6. The van der Waals surface area contributed by atoms with Crippen LogP contribution in [0.5, 0.6) is 0 Å². The lowest BCUT2D eigenvalue weighted by molar-refractivity contribution is -0.199. The first-order valence-electron chi connectivity index (χ1n) is 11.7. The Morgan fingerprint density at radius 3 is 1.80 bits per heavy atom. The maximum Gasteiger partial charge on any atom is 0.422 e. The summed E-state index contributed by atoms with van der Waals surface area (Å²) in [7, 11) is 0. The zero-order chi connectivity index (χ0) is 29.4. The minimum atomic E-state index is -5.01. The molecule has 0 aliphatic carbocycles. The van der Waals surface area contributed by atoms with Gasteiger partial charge in [0.1, 0.15) is 0 Å². The van der Waals surface area contributed by atoms with Crippen molar-refractivity contribution in [3.63, 3.8) is 0 Å². The van der Waals surface area contributed by atoms with Crippen LogP contribution in [0.4, 0.5) is 26.3 Å². The summed E-state index contributed by atoms with van der Waals surface area (Å²) < 4.78 is 84.9. The maximum atomic E-state index is 13.4. The standard InChI is InChI=1S/C26H20F6N2O6/c1-13-20(16-8-4-5-9-18(16)33-13)19(34-21(35)14-6-2-3-7-15(14)22(34)36)10-17(23(37)39-11-25(27,28)29)24(38)40-12-26(30,31)32/h2-9,17,19,33H,10-12H2,1H3. The molecule has 4 rings (SSSR count). The van der Waals surface area contributed by atoms with E-state index in [-0.39, 0.29) is 16.7 Å². The van der Waals surface area contributed by atoms with E-state index in [1.54, 1.807) is 31.2 Å². The van der Waals surface area contributed by atoms with Gasteiger partial charge in [-0.05, 0) is 31.5 Å². The van der Waals surface area contributed by atoms with Crippen LogP contribution < -0.4 is 0 Å². The van der Waals surface area contributed by atoms with Gasteiger partial charge in [-0.15, -0.1) is 0 Å². The van der Waals surface area contributed by atoms with Crippen molar-refractivity contribution in [1.29, 1.82) is 0 Å². The highest BCUT2D eigenvalue weighted by atomic mass is 19.4. The van der Waals surface area contributed by atoms with E-state index in [2.05, 4.69) is 14.5 Å². The van der Waals surface area contributed by atoms with Crippen molar-refractivity contribution in [3.05, 3.63) is 70.9 Å². The number of rotatable bonds is 8. The second-order valence-corrected chi connectivity index (χ2v) is 8.99. The molecule has 2 heterocycles. The first-order valence-corrected chi connectivity index (χ1v) is 11.7. The van der Waals surface area contributed by atoms with E-state index < -0.39 is 67.7 Å². The van der Waals surface area contributed by atoms with E-state index in [4.69, 9.17) is 0 Å². The number of H-pyrrole nitrogens is 1. The van der Waals surface area contributed by atoms with Crippen LogP contribution in [0.15, 0.2) is 48.5 Å². The number of aromatic amines is 1. The van der Waals surface area contributed by atoms with Gasteiger partial charge in [-0.3, -0.25) is 24.1 Å². The summed E-state index contributed by atoms with van der Waals surface area (Å²) in [6, 6.07) is 10.7. The molecule has 1 aliphatic heterocycles. The molecule has 1 aromatic heterocycles. The van der Waals surface area contributed by atoms with E-state index in [1.807, 2.05) is 0 Å². The Morgan fingerprint density at radius 2 is 1.30 bits per heavy atom. The van der Waals surface area contributed by atoms with Crippen molar-refractivity contribution in [1.82, 2.24) is 9.88 Å². The molecule has 1 aliphatic rings. The molecular formula is C26H20F6N2O6. The number of esters is 2. The number of amides is 2. The summed E-state index contributed by atoms with van der Waals surface area (Å²) in [5.41, 5.74) is 1.10. The molecule has 1 unspecified atom stereocenters. The summed E-state index contributed by atoms with van der Waals surface area (Å²) in [6.07, 6.45) is -10.9. The fourth-order valence-electron chi connectivity index (χ4n) is 4.59. The summed E-state index contributed by atoms with van der Waals surface area (Å²) in [4.78, 5) is 55.9. The molecule has 0 bridgehead atoms. The van der Waals surface area contributed by atoms with Crippen LogP contribution in [0.3, 0.4) is 0 Å². The minimum absolute atomic E-state index is 0.00848. The number of carbonyl (C=O) groups excluding carboxylic acids is 4. The summed E-state index contributed by atoms with van der Waals surface area (Å²) in [6.45, 7) is -2.70. The zero-order valence-electron chi connectivity index (χ0n) is 20.6. The molecule has 3 aromatic rings. The Kier molecular flexibility index (Phi) is 7.63. The van der Waals surface area contributed by atoms with Crippen molar-refractivity contribution >= 4 is 34.7 Å².